The van der Waals surface area contributed by atoms with E-state index >= 15 is 0 Å². The van der Waals surface area contributed by atoms with Crippen LogP contribution in [0.1, 0.15) is 51.9 Å². The first-order chi connectivity index (χ1) is 8.49. The van der Waals surface area contributed by atoms with Gasteiger partial charge in [-0.25, -0.2) is 0 Å². The van der Waals surface area contributed by atoms with Crippen LogP contribution >= 0.6 is 0 Å². The van der Waals surface area contributed by atoms with Gasteiger partial charge >= 0.3 is 0 Å². The minimum Gasteiger partial charge on any atom is -0.390 e. The van der Waals surface area contributed by atoms with Gasteiger partial charge in [-0.15, -0.1) is 0 Å². The zero-order valence-corrected chi connectivity index (χ0v) is 11.5. The minimum atomic E-state index is -0.611. The van der Waals surface area contributed by atoms with Gasteiger partial charge in [0.2, 0.25) is 5.91 Å². The highest BCUT2D eigenvalue weighted by Crippen LogP contribution is 2.39. The summed E-state index contributed by atoms with van der Waals surface area (Å²) in [5.41, 5.74) is 4.97. The van der Waals surface area contributed by atoms with Gasteiger partial charge in [-0.05, 0) is 39.0 Å². The maximum atomic E-state index is 12.7. The van der Waals surface area contributed by atoms with Crippen molar-refractivity contribution in [2.75, 3.05) is 19.6 Å². The summed E-state index contributed by atoms with van der Waals surface area (Å²) in [4.78, 5) is 14.6. The molecule has 1 unspecified atom stereocenters. The van der Waals surface area contributed by atoms with E-state index in [1.54, 1.807) is 0 Å². The van der Waals surface area contributed by atoms with Gasteiger partial charge in [-0.2, -0.15) is 0 Å². The summed E-state index contributed by atoms with van der Waals surface area (Å²) in [5.74, 6) is 0.236. The normalized spacial score (nSPS) is 32.3. The Balaban J connectivity index is 2.04. The third-order valence-electron chi connectivity index (χ3n) is 4.76. The molecule has 2 aliphatic rings. The molecule has 1 aliphatic heterocycles. The van der Waals surface area contributed by atoms with Crippen LogP contribution < -0.4 is 5.73 Å². The fraction of sp³-hybridized carbons (Fsp3) is 0.929. The zero-order chi connectivity index (χ0) is 13.2. The number of hydrogen-bond acceptors (Lipinski definition) is 3. The van der Waals surface area contributed by atoms with Crippen LogP contribution in [0.3, 0.4) is 0 Å². The second-order valence-electron chi connectivity index (χ2n) is 6.33. The zero-order valence-electron chi connectivity index (χ0n) is 11.5. The molecule has 3 N–H and O–H groups in total. The van der Waals surface area contributed by atoms with E-state index in [1.165, 1.54) is 0 Å². The number of nitrogens with zero attached hydrogens (tertiary/aromatic N) is 1. The van der Waals surface area contributed by atoms with Crippen molar-refractivity contribution in [1.82, 2.24) is 4.90 Å². The summed E-state index contributed by atoms with van der Waals surface area (Å²) in [6.45, 7) is 3.79. The van der Waals surface area contributed by atoms with E-state index in [0.717, 1.165) is 45.1 Å². The van der Waals surface area contributed by atoms with E-state index in [1.807, 2.05) is 11.8 Å². The highest BCUT2D eigenvalue weighted by molar-refractivity contribution is 5.83. The summed E-state index contributed by atoms with van der Waals surface area (Å²) in [5, 5.41) is 10.1. The second-order valence-corrected chi connectivity index (χ2v) is 6.33. The lowest BCUT2D eigenvalue weighted by Crippen LogP contribution is -2.47. The van der Waals surface area contributed by atoms with Crippen LogP contribution in [-0.2, 0) is 4.79 Å². The summed E-state index contributed by atoms with van der Waals surface area (Å²) >= 11 is 0. The number of likely N-dealkylation sites (tertiary alicyclic amines) is 1. The molecular weight excluding hydrogens is 228 g/mol. The van der Waals surface area contributed by atoms with E-state index in [0.29, 0.717) is 19.5 Å². The van der Waals surface area contributed by atoms with Gasteiger partial charge in [0.1, 0.15) is 0 Å². The van der Waals surface area contributed by atoms with Crippen molar-refractivity contribution in [3.63, 3.8) is 0 Å². The second kappa shape index (κ2) is 5.17. The summed E-state index contributed by atoms with van der Waals surface area (Å²) in [7, 11) is 0. The Morgan fingerprint density at radius 2 is 1.83 bits per heavy atom. The largest absolute Gasteiger partial charge is 0.390 e. The van der Waals surface area contributed by atoms with E-state index in [-0.39, 0.29) is 11.3 Å². The molecule has 1 heterocycles. The smallest absolute Gasteiger partial charge is 0.230 e. The van der Waals surface area contributed by atoms with Crippen molar-refractivity contribution < 1.29 is 9.90 Å². The maximum absolute atomic E-state index is 12.7. The number of hydrogen-bond donors (Lipinski definition) is 2. The lowest BCUT2D eigenvalue weighted by molar-refractivity contribution is -0.141. The SMILES string of the molecule is CC1(O)CCCN(C(=O)C2(CN)CCCC2)CC1. The Hall–Kier alpha value is -0.610. The fourth-order valence-electron chi connectivity index (χ4n) is 3.36. The molecule has 104 valence electrons. The molecule has 0 aromatic carbocycles. The van der Waals surface area contributed by atoms with Gasteiger partial charge < -0.3 is 15.7 Å². The molecule has 1 saturated carbocycles. The molecule has 1 atom stereocenters. The summed E-state index contributed by atoms with van der Waals surface area (Å²) in [6, 6.07) is 0. The molecule has 0 aromatic rings. The Bertz CT molecular complexity index is 309. The Morgan fingerprint density at radius 3 is 2.44 bits per heavy atom. The van der Waals surface area contributed by atoms with Crippen molar-refractivity contribution in [3.8, 4) is 0 Å². The van der Waals surface area contributed by atoms with Gasteiger partial charge in [-0.3, -0.25) is 4.79 Å². The molecule has 0 aromatic heterocycles. The molecule has 0 radical (unpaired) electrons. The summed E-state index contributed by atoms with van der Waals surface area (Å²) in [6.07, 6.45) is 6.47. The predicted molar refractivity (Wildman–Crippen MR) is 71.0 cm³/mol. The molecule has 1 aliphatic carbocycles. The lowest BCUT2D eigenvalue weighted by atomic mass is 9.84. The van der Waals surface area contributed by atoms with Gasteiger partial charge in [-0.1, -0.05) is 12.8 Å². The Labute approximate surface area is 110 Å². The van der Waals surface area contributed by atoms with Gasteiger partial charge in [0, 0.05) is 19.6 Å². The first-order valence-electron chi connectivity index (χ1n) is 7.21. The highest BCUT2D eigenvalue weighted by Gasteiger charge is 2.43. The highest BCUT2D eigenvalue weighted by atomic mass is 16.3. The third kappa shape index (κ3) is 2.69. The number of carbonyl (C=O) groups is 1. The molecule has 1 amide bonds. The quantitative estimate of drug-likeness (QED) is 0.780. The van der Waals surface area contributed by atoms with Crippen LogP contribution in [0, 0.1) is 5.41 Å². The Kier molecular flexibility index (Phi) is 3.97. The standard InChI is InChI=1S/C14H26N2O2/c1-13(18)5-4-9-16(10-8-13)12(17)14(11-15)6-2-3-7-14/h18H,2-11,15H2,1H3. The van der Waals surface area contributed by atoms with Crippen LogP contribution in [0.4, 0.5) is 0 Å². The van der Waals surface area contributed by atoms with E-state index < -0.39 is 5.60 Å². The Morgan fingerprint density at radius 1 is 1.17 bits per heavy atom. The third-order valence-corrected chi connectivity index (χ3v) is 4.76. The van der Waals surface area contributed by atoms with E-state index in [4.69, 9.17) is 5.73 Å². The van der Waals surface area contributed by atoms with Crippen LogP contribution in [0.5, 0.6) is 0 Å². The average molecular weight is 254 g/mol. The number of aliphatic hydroxyl groups is 1. The van der Waals surface area contributed by atoms with E-state index in [9.17, 15) is 9.90 Å². The van der Waals surface area contributed by atoms with Gasteiger partial charge in [0.05, 0.1) is 11.0 Å². The van der Waals surface area contributed by atoms with Crippen LogP contribution in [0.2, 0.25) is 0 Å². The fourth-order valence-corrected chi connectivity index (χ4v) is 3.36. The molecule has 18 heavy (non-hydrogen) atoms. The summed E-state index contributed by atoms with van der Waals surface area (Å²) < 4.78 is 0. The molecule has 4 nitrogen and oxygen atoms in total. The maximum Gasteiger partial charge on any atom is 0.230 e. The van der Waals surface area contributed by atoms with Crippen molar-refractivity contribution in [3.05, 3.63) is 0 Å². The van der Waals surface area contributed by atoms with Crippen LogP contribution in [-0.4, -0.2) is 41.1 Å². The van der Waals surface area contributed by atoms with Gasteiger partial charge in [0.15, 0.2) is 0 Å². The molecule has 2 rings (SSSR count). The lowest BCUT2D eigenvalue weighted by Gasteiger charge is -2.33. The van der Waals surface area contributed by atoms with Crippen LogP contribution in [0.15, 0.2) is 0 Å². The van der Waals surface area contributed by atoms with Crippen molar-refractivity contribution in [2.24, 2.45) is 11.1 Å². The first-order valence-corrected chi connectivity index (χ1v) is 7.21. The number of rotatable bonds is 2. The molecule has 0 bridgehead atoms. The topological polar surface area (TPSA) is 66.6 Å². The van der Waals surface area contributed by atoms with Gasteiger partial charge in [0.25, 0.3) is 0 Å². The minimum absolute atomic E-state index is 0.236. The number of nitrogens with two attached hydrogens (primary N) is 1. The first kappa shape index (κ1) is 13.8. The molecular formula is C14H26N2O2. The predicted octanol–water partition coefficient (Wildman–Crippen LogP) is 1.27. The molecule has 2 fully saturated rings. The van der Waals surface area contributed by atoms with Crippen molar-refractivity contribution in [1.29, 1.82) is 0 Å². The number of amides is 1. The molecule has 1 saturated heterocycles. The molecule has 4 heteroatoms. The number of carbonyl (C=O) groups excluding carboxylic acids is 1. The monoisotopic (exact) mass is 254 g/mol. The molecule has 0 spiro atoms. The van der Waals surface area contributed by atoms with Crippen molar-refractivity contribution >= 4 is 5.91 Å². The van der Waals surface area contributed by atoms with Crippen LogP contribution in [0.25, 0.3) is 0 Å². The van der Waals surface area contributed by atoms with E-state index in [2.05, 4.69) is 0 Å². The van der Waals surface area contributed by atoms with Crippen molar-refractivity contribution in [2.45, 2.75) is 57.5 Å². The average Bonchev–Trinajstić information content (AvgIpc) is 2.75.